The minimum absolute atomic E-state index is 0. The van der Waals surface area contributed by atoms with E-state index in [9.17, 15) is 24.0 Å². The highest BCUT2D eigenvalue weighted by molar-refractivity contribution is 5.98. The topological polar surface area (TPSA) is 147 Å². The molecule has 3 aromatic rings. The molecular formula is C37H46N2O10. The van der Waals surface area contributed by atoms with Gasteiger partial charge in [0.05, 0.1) is 7.11 Å². The molecule has 264 valence electrons. The van der Waals surface area contributed by atoms with Crippen molar-refractivity contribution in [2.24, 2.45) is 0 Å². The number of nitrogens with one attached hydrogen (secondary N) is 1. The zero-order chi connectivity index (χ0) is 35.3. The first kappa shape index (κ1) is 39.8. The van der Waals surface area contributed by atoms with Gasteiger partial charge >= 0.3 is 24.1 Å². The lowest BCUT2D eigenvalue weighted by molar-refractivity contribution is -0.160. The minimum Gasteiger partial charge on any atom is -0.497 e. The highest BCUT2D eigenvalue weighted by Gasteiger charge is 2.37. The molecular weight excluding hydrogens is 632 g/mol. The van der Waals surface area contributed by atoms with Crippen LogP contribution >= 0.6 is 0 Å². The molecule has 0 saturated carbocycles. The third-order valence-electron chi connectivity index (χ3n) is 6.96. The van der Waals surface area contributed by atoms with Crippen molar-refractivity contribution in [1.29, 1.82) is 0 Å². The fourth-order valence-corrected chi connectivity index (χ4v) is 4.38. The van der Waals surface area contributed by atoms with Crippen molar-refractivity contribution >= 4 is 29.9 Å². The Morgan fingerprint density at radius 3 is 1.96 bits per heavy atom. The Morgan fingerprint density at radius 2 is 1.39 bits per heavy atom. The molecule has 0 heterocycles. The van der Waals surface area contributed by atoms with E-state index in [0.717, 1.165) is 10.5 Å². The lowest BCUT2D eigenvalue weighted by Crippen LogP contribution is -2.53. The van der Waals surface area contributed by atoms with E-state index >= 15 is 0 Å². The zero-order valence-electron chi connectivity index (χ0n) is 28.0. The number of ketones is 1. The van der Waals surface area contributed by atoms with Gasteiger partial charge in [0.2, 0.25) is 0 Å². The van der Waals surface area contributed by atoms with E-state index in [0.29, 0.717) is 16.9 Å². The zero-order valence-corrected chi connectivity index (χ0v) is 28.0. The fraction of sp³-hybridized carbons (Fsp3) is 0.378. The Kier molecular flexibility index (Phi) is 15.3. The summed E-state index contributed by atoms with van der Waals surface area (Å²) in [6, 6.07) is 21.4. The monoisotopic (exact) mass is 678 g/mol. The van der Waals surface area contributed by atoms with E-state index in [-0.39, 0.29) is 20.5 Å². The average molecular weight is 679 g/mol. The smallest absolute Gasteiger partial charge is 0.410 e. The molecule has 0 aromatic heterocycles. The van der Waals surface area contributed by atoms with Crippen LogP contribution in [0.1, 0.15) is 56.6 Å². The van der Waals surface area contributed by atoms with Crippen molar-refractivity contribution in [3.63, 3.8) is 0 Å². The van der Waals surface area contributed by atoms with Crippen LogP contribution < -0.4 is 10.1 Å². The molecule has 3 atom stereocenters. The molecule has 0 aliphatic rings. The molecule has 0 fully saturated rings. The van der Waals surface area contributed by atoms with Crippen molar-refractivity contribution in [1.82, 2.24) is 10.2 Å². The normalized spacial score (nSPS) is 12.5. The Labute approximate surface area is 287 Å². The van der Waals surface area contributed by atoms with E-state index in [1.165, 1.54) is 21.1 Å². The average Bonchev–Trinajstić information content (AvgIpc) is 3.07. The number of likely N-dealkylation sites (N-methyl/N-ethyl adjacent to an activating group) is 1. The second-order valence-corrected chi connectivity index (χ2v) is 11.9. The Bertz CT molecular complexity index is 1520. The molecule has 0 radical (unpaired) electrons. The van der Waals surface area contributed by atoms with Gasteiger partial charge in [0.25, 0.3) is 0 Å². The second kappa shape index (κ2) is 18.8. The van der Waals surface area contributed by atoms with Crippen LogP contribution in [0.2, 0.25) is 0 Å². The Morgan fingerprint density at radius 1 is 0.796 bits per heavy atom. The lowest BCUT2D eigenvalue weighted by atomic mass is 10.0. The van der Waals surface area contributed by atoms with Crippen molar-refractivity contribution < 1.29 is 47.7 Å². The number of rotatable bonds is 14. The minimum atomic E-state index is -1.57. The first-order valence-electron chi connectivity index (χ1n) is 15.3. The van der Waals surface area contributed by atoms with Gasteiger partial charge in [0.15, 0.2) is 18.4 Å². The molecule has 12 heteroatoms. The van der Waals surface area contributed by atoms with Gasteiger partial charge in [0.1, 0.15) is 30.1 Å². The third kappa shape index (κ3) is 13.0. The van der Waals surface area contributed by atoms with Crippen LogP contribution in [0.15, 0.2) is 84.9 Å². The van der Waals surface area contributed by atoms with Gasteiger partial charge in [-0.25, -0.2) is 19.2 Å². The summed E-state index contributed by atoms with van der Waals surface area (Å²) in [6.07, 6.45) is -3.06. The van der Waals surface area contributed by atoms with E-state index in [1.54, 1.807) is 87.5 Å². The molecule has 0 unspecified atom stereocenters. The number of ether oxygens (including phenoxy) is 5. The van der Waals surface area contributed by atoms with Gasteiger partial charge in [0, 0.05) is 19.0 Å². The summed E-state index contributed by atoms with van der Waals surface area (Å²) < 4.78 is 26.9. The standard InChI is InChI=1S/C36H42N2O10.CH4/c1-24(31(37-34(42)48-36(2,3)4)33(41)45-23-30(39)27-15-11-8-12-16-27)47-32(40)29(21-25-17-19-28(44-6)20-18-25)38(5)35(43)46-22-26-13-9-7-10-14-26;/h7-20,24,29,31H,21-23H2,1-6H3,(H,37,42);1H4/t24-,29+,31+;/m1./s1. The number of esters is 2. The van der Waals surface area contributed by atoms with Gasteiger partial charge < -0.3 is 29.0 Å². The molecule has 3 aromatic carbocycles. The number of methoxy groups -OCH3 is 1. The number of nitrogens with zero attached hydrogens (tertiary/aromatic N) is 1. The lowest BCUT2D eigenvalue weighted by Gasteiger charge is -2.30. The van der Waals surface area contributed by atoms with Crippen LogP contribution in [0.25, 0.3) is 0 Å². The van der Waals surface area contributed by atoms with Gasteiger partial charge in [-0.05, 0) is 51.0 Å². The number of amides is 2. The van der Waals surface area contributed by atoms with Crippen LogP contribution in [0.4, 0.5) is 9.59 Å². The molecule has 0 aliphatic heterocycles. The predicted molar refractivity (Wildman–Crippen MR) is 182 cm³/mol. The summed E-state index contributed by atoms with van der Waals surface area (Å²) in [6.45, 7) is 5.64. The van der Waals surface area contributed by atoms with Gasteiger partial charge in [-0.1, -0.05) is 80.2 Å². The molecule has 49 heavy (non-hydrogen) atoms. The van der Waals surface area contributed by atoms with E-state index in [2.05, 4.69) is 5.32 Å². The number of benzene rings is 3. The molecule has 0 aliphatic carbocycles. The molecule has 0 saturated heterocycles. The molecule has 1 N–H and O–H groups in total. The fourth-order valence-electron chi connectivity index (χ4n) is 4.38. The van der Waals surface area contributed by atoms with E-state index in [1.807, 2.05) is 18.2 Å². The summed E-state index contributed by atoms with van der Waals surface area (Å²) in [4.78, 5) is 66.5. The van der Waals surface area contributed by atoms with E-state index in [4.69, 9.17) is 23.7 Å². The number of hydrogen-bond donors (Lipinski definition) is 1. The largest absolute Gasteiger partial charge is 0.497 e. The first-order chi connectivity index (χ1) is 22.8. The third-order valence-corrected chi connectivity index (χ3v) is 6.96. The Balaban J connectivity index is 0.00000833. The molecule has 0 bridgehead atoms. The molecule has 0 spiro atoms. The van der Waals surface area contributed by atoms with Crippen LogP contribution in [0, 0.1) is 0 Å². The summed E-state index contributed by atoms with van der Waals surface area (Å²) >= 11 is 0. The number of Topliss-reactive ketones (excluding diaryl/α,β-unsaturated/α-hetero) is 1. The number of alkyl carbamates (subject to hydrolysis) is 1. The molecule has 2 amide bonds. The van der Waals surface area contributed by atoms with Crippen LogP contribution in [-0.2, 0) is 41.6 Å². The Hall–Kier alpha value is -5.39. The van der Waals surface area contributed by atoms with Crippen molar-refractivity contribution in [2.75, 3.05) is 20.8 Å². The molecule has 12 nitrogen and oxygen atoms in total. The molecule has 3 rings (SSSR count). The van der Waals surface area contributed by atoms with E-state index < -0.39 is 60.3 Å². The number of hydrogen-bond acceptors (Lipinski definition) is 10. The summed E-state index contributed by atoms with van der Waals surface area (Å²) in [5, 5.41) is 2.39. The van der Waals surface area contributed by atoms with Gasteiger partial charge in [-0.3, -0.25) is 9.69 Å². The highest BCUT2D eigenvalue weighted by atomic mass is 16.6. The summed E-state index contributed by atoms with van der Waals surface area (Å²) in [7, 11) is 2.92. The summed E-state index contributed by atoms with van der Waals surface area (Å²) in [5.74, 6) is -1.79. The number of carbonyl (C=O) groups excluding carboxylic acids is 5. The van der Waals surface area contributed by atoms with Crippen molar-refractivity contribution in [3.8, 4) is 5.75 Å². The van der Waals surface area contributed by atoms with Crippen LogP contribution in [0.5, 0.6) is 5.75 Å². The van der Waals surface area contributed by atoms with Gasteiger partial charge in [-0.15, -0.1) is 0 Å². The van der Waals surface area contributed by atoms with Crippen LogP contribution in [0.3, 0.4) is 0 Å². The quantitative estimate of drug-likeness (QED) is 0.127. The van der Waals surface area contributed by atoms with Crippen molar-refractivity contribution in [3.05, 3.63) is 102 Å². The van der Waals surface area contributed by atoms with Crippen LogP contribution in [-0.4, -0.2) is 79.4 Å². The summed E-state index contributed by atoms with van der Waals surface area (Å²) in [5.41, 5.74) is 0.844. The maximum atomic E-state index is 13.7. The number of carbonyl (C=O) groups is 5. The SMILES string of the molecule is C.COc1ccc(C[C@@H](C(=O)O[C@H](C)[C@H](NC(=O)OC(C)(C)C)C(=O)OCC(=O)c2ccccc2)N(C)C(=O)OCc2ccccc2)cc1. The first-order valence-corrected chi connectivity index (χ1v) is 15.3. The highest BCUT2D eigenvalue weighted by Crippen LogP contribution is 2.18. The predicted octanol–water partition coefficient (Wildman–Crippen LogP) is 5.76. The second-order valence-electron chi connectivity index (χ2n) is 11.9. The van der Waals surface area contributed by atoms with Crippen molar-refractivity contribution in [2.45, 2.75) is 71.9 Å². The maximum Gasteiger partial charge on any atom is 0.410 e. The maximum absolute atomic E-state index is 13.7. The van der Waals surface area contributed by atoms with Gasteiger partial charge in [-0.2, -0.15) is 0 Å².